The van der Waals surface area contributed by atoms with E-state index in [1.807, 2.05) is 29.2 Å². The summed E-state index contributed by atoms with van der Waals surface area (Å²) in [6, 6.07) is 9.89. The molecule has 2 aliphatic rings. The number of halogens is 1. The van der Waals surface area contributed by atoms with Gasteiger partial charge in [-0.1, -0.05) is 39.8 Å². The summed E-state index contributed by atoms with van der Waals surface area (Å²) in [5, 5.41) is 12.9. The monoisotopic (exact) mass is 419 g/mol. The zero-order chi connectivity index (χ0) is 17.8. The summed E-state index contributed by atoms with van der Waals surface area (Å²) in [7, 11) is 0. The molecule has 2 amide bonds. The van der Waals surface area contributed by atoms with Crippen molar-refractivity contribution in [1.29, 1.82) is 5.26 Å². The fraction of sp³-hybridized carbons (Fsp3) is 0.389. The smallest absolute Gasteiger partial charge is 0.232 e. The highest BCUT2D eigenvalue weighted by Gasteiger charge is 2.30. The van der Waals surface area contributed by atoms with Crippen molar-refractivity contribution >= 4 is 39.5 Å². The van der Waals surface area contributed by atoms with Gasteiger partial charge in [-0.3, -0.25) is 9.59 Å². The van der Waals surface area contributed by atoms with Gasteiger partial charge in [0.2, 0.25) is 11.8 Å². The van der Waals surface area contributed by atoms with E-state index in [1.165, 1.54) is 11.8 Å². The summed E-state index contributed by atoms with van der Waals surface area (Å²) in [5.41, 5.74) is 1.45. The van der Waals surface area contributed by atoms with Crippen LogP contribution >= 0.6 is 27.7 Å². The van der Waals surface area contributed by atoms with E-state index >= 15 is 0 Å². The second-order valence-electron chi connectivity index (χ2n) is 6.09. The summed E-state index contributed by atoms with van der Waals surface area (Å²) in [4.78, 5) is 26.2. The first-order valence-electron chi connectivity index (χ1n) is 8.18. The third-order valence-electron chi connectivity index (χ3n) is 4.41. The Morgan fingerprint density at radius 3 is 2.84 bits per heavy atom. The molecule has 0 aromatic heterocycles. The number of carbonyl (C=O) groups excluding carboxylic acids is 2. The Morgan fingerprint density at radius 2 is 2.16 bits per heavy atom. The predicted molar refractivity (Wildman–Crippen MR) is 101 cm³/mol. The van der Waals surface area contributed by atoms with Gasteiger partial charge in [-0.15, -0.1) is 0 Å². The molecule has 1 saturated heterocycles. The van der Waals surface area contributed by atoms with Gasteiger partial charge in [0.1, 0.15) is 0 Å². The zero-order valence-electron chi connectivity index (χ0n) is 13.6. The number of thioether (sulfide) groups is 1. The van der Waals surface area contributed by atoms with Crippen LogP contribution in [0, 0.1) is 11.3 Å². The van der Waals surface area contributed by atoms with Gasteiger partial charge in [0.25, 0.3) is 0 Å². The highest BCUT2D eigenvalue weighted by atomic mass is 79.9. The number of rotatable bonds is 4. The van der Waals surface area contributed by atoms with Crippen LogP contribution in [0.2, 0.25) is 0 Å². The number of benzene rings is 1. The molecule has 25 heavy (non-hydrogen) atoms. The van der Waals surface area contributed by atoms with Crippen LogP contribution in [-0.4, -0.2) is 35.6 Å². The molecule has 0 aliphatic carbocycles. The fourth-order valence-electron chi connectivity index (χ4n) is 3.13. The third kappa shape index (κ3) is 4.25. The quantitative estimate of drug-likeness (QED) is 0.813. The average molecular weight is 420 g/mol. The van der Waals surface area contributed by atoms with Crippen LogP contribution in [0.15, 0.2) is 39.3 Å². The minimum absolute atomic E-state index is 0.0612. The van der Waals surface area contributed by atoms with Gasteiger partial charge in [-0.05, 0) is 30.5 Å². The molecule has 0 radical (unpaired) electrons. The number of carbonyl (C=O) groups is 2. The lowest BCUT2D eigenvalue weighted by Gasteiger charge is -2.25. The van der Waals surface area contributed by atoms with Gasteiger partial charge in [-0.2, -0.15) is 5.26 Å². The van der Waals surface area contributed by atoms with E-state index in [1.54, 1.807) is 0 Å². The summed E-state index contributed by atoms with van der Waals surface area (Å²) in [6.45, 7) is 1.60. The Kier molecular flexibility index (Phi) is 5.82. The molecule has 7 heteroatoms. The Labute approximate surface area is 159 Å². The van der Waals surface area contributed by atoms with Crippen molar-refractivity contribution in [3.8, 4) is 6.07 Å². The van der Waals surface area contributed by atoms with Crippen molar-refractivity contribution < 1.29 is 9.59 Å². The molecule has 0 bridgehead atoms. The van der Waals surface area contributed by atoms with Crippen LogP contribution in [-0.2, 0) is 9.59 Å². The third-order valence-corrected chi connectivity index (χ3v) is 5.90. The second-order valence-corrected chi connectivity index (χ2v) is 7.99. The molecular formula is C18H18BrN3O2S. The number of nitriles is 1. The Bertz CT molecular complexity index is 766. The molecule has 1 N–H and O–H groups in total. The van der Waals surface area contributed by atoms with E-state index in [0.717, 1.165) is 36.0 Å². The molecule has 1 aromatic rings. The molecular weight excluding hydrogens is 402 g/mol. The normalized spacial score (nSPS) is 20.4. The van der Waals surface area contributed by atoms with E-state index in [4.69, 9.17) is 0 Å². The van der Waals surface area contributed by atoms with Crippen molar-refractivity contribution in [2.24, 2.45) is 0 Å². The zero-order valence-corrected chi connectivity index (χ0v) is 16.0. The molecule has 3 rings (SSSR count). The molecule has 1 fully saturated rings. The molecule has 130 valence electrons. The van der Waals surface area contributed by atoms with Crippen molar-refractivity contribution in [3.63, 3.8) is 0 Å². The Hall–Kier alpha value is -1.78. The van der Waals surface area contributed by atoms with E-state index in [9.17, 15) is 14.9 Å². The van der Waals surface area contributed by atoms with Crippen molar-refractivity contribution in [2.45, 2.75) is 25.2 Å². The topological polar surface area (TPSA) is 73.2 Å². The number of hydrogen-bond donors (Lipinski definition) is 1. The van der Waals surface area contributed by atoms with Crippen molar-refractivity contribution in [1.82, 2.24) is 10.2 Å². The number of amides is 2. The van der Waals surface area contributed by atoms with E-state index in [0.29, 0.717) is 10.6 Å². The van der Waals surface area contributed by atoms with Gasteiger partial charge in [-0.25, -0.2) is 0 Å². The van der Waals surface area contributed by atoms with E-state index < -0.39 is 0 Å². The minimum atomic E-state index is -0.277. The Morgan fingerprint density at radius 1 is 1.40 bits per heavy atom. The lowest BCUT2D eigenvalue weighted by Crippen LogP contribution is -2.33. The molecule has 1 atom stereocenters. The number of hydrogen-bond acceptors (Lipinski definition) is 4. The summed E-state index contributed by atoms with van der Waals surface area (Å²) >= 11 is 4.69. The highest BCUT2D eigenvalue weighted by molar-refractivity contribution is 9.10. The van der Waals surface area contributed by atoms with Gasteiger partial charge in [0, 0.05) is 29.9 Å². The number of nitrogens with zero attached hydrogens (tertiary/aromatic N) is 2. The van der Waals surface area contributed by atoms with E-state index in [2.05, 4.69) is 27.3 Å². The van der Waals surface area contributed by atoms with Gasteiger partial charge in [0.15, 0.2) is 0 Å². The highest BCUT2D eigenvalue weighted by Crippen LogP contribution is 2.36. The maximum Gasteiger partial charge on any atom is 0.232 e. The van der Waals surface area contributed by atoms with Crippen LogP contribution in [0.1, 0.15) is 30.7 Å². The van der Waals surface area contributed by atoms with Crippen LogP contribution in [0.25, 0.3) is 0 Å². The first-order chi connectivity index (χ1) is 12.1. The van der Waals surface area contributed by atoms with Gasteiger partial charge < -0.3 is 10.2 Å². The summed E-state index contributed by atoms with van der Waals surface area (Å²) in [5.74, 6) is -0.0988. The first-order valence-corrected chi connectivity index (χ1v) is 9.96. The molecule has 2 aliphatic heterocycles. The average Bonchev–Trinajstić information content (AvgIpc) is 3.14. The molecule has 2 heterocycles. The standard InChI is InChI=1S/C18H18BrN3O2S/c19-13-5-3-4-12(8-13)14-9-16(23)21-18(15(14)10-20)25-11-17(24)22-6-1-2-7-22/h3-5,8,14H,1-2,6-7,9,11H2,(H,21,23)/t14-/m0/s1. The van der Waals surface area contributed by atoms with Gasteiger partial charge in [0.05, 0.1) is 22.4 Å². The second kappa shape index (κ2) is 8.07. The lowest BCUT2D eigenvalue weighted by molar-refractivity contribution is -0.127. The largest absolute Gasteiger partial charge is 0.342 e. The maximum absolute atomic E-state index is 12.2. The molecule has 1 aromatic carbocycles. The minimum Gasteiger partial charge on any atom is -0.342 e. The fourth-order valence-corrected chi connectivity index (χ4v) is 4.53. The Balaban J connectivity index is 1.80. The van der Waals surface area contributed by atoms with Gasteiger partial charge >= 0.3 is 0 Å². The lowest BCUT2D eigenvalue weighted by atomic mass is 9.87. The number of allylic oxidation sites excluding steroid dienone is 1. The molecule has 0 spiro atoms. The molecule has 0 saturated carbocycles. The van der Waals surface area contributed by atoms with Crippen molar-refractivity contribution in [3.05, 3.63) is 44.9 Å². The van der Waals surface area contributed by atoms with E-state index in [-0.39, 0.29) is 29.9 Å². The first kappa shape index (κ1) is 18.0. The molecule has 0 unspecified atom stereocenters. The SMILES string of the molecule is N#CC1=C(SCC(=O)N2CCCC2)NC(=O)C[C@H]1c1cccc(Br)c1. The van der Waals surface area contributed by atoms with Crippen molar-refractivity contribution in [2.75, 3.05) is 18.8 Å². The van der Waals surface area contributed by atoms with Crippen LogP contribution < -0.4 is 5.32 Å². The van der Waals surface area contributed by atoms with Crippen LogP contribution in [0.4, 0.5) is 0 Å². The maximum atomic E-state index is 12.2. The summed E-state index contributed by atoms with van der Waals surface area (Å²) in [6.07, 6.45) is 2.33. The molecule has 5 nitrogen and oxygen atoms in total. The number of likely N-dealkylation sites (tertiary alicyclic amines) is 1. The predicted octanol–water partition coefficient (Wildman–Crippen LogP) is 3.14. The van der Waals surface area contributed by atoms with Crippen LogP contribution in [0.5, 0.6) is 0 Å². The summed E-state index contributed by atoms with van der Waals surface area (Å²) < 4.78 is 0.909. The van der Waals surface area contributed by atoms with Crippen LogP contribution in [0.3, 0.4) is 0 Å². The number of nitrogens with one attached hydrogen (secondary N) is 1.